The van der Waals surface area contributed by atoms with Crippen LogP contribution >= 0.6 is 11.5 Å². The number of hydrogen-bond acceptors (Lipinski definition) is 3. The average molecular weight is 251 g/mol. The van der Waals surface area contributed by atoms with E-state index in [9.17, 15) is 9.59 Å². The molecule has 0 aliphatic carbocycles. The Hall–Kier alpha value is -1.62. The van der Waals surface area contributed by atoms with E-state index in [0.29, 0.717) is 11.8 Å². The zero-order valence-corrected chi connectivity index (χ0v) is 10.2. The molecule has 90 valence electrons. The standard InChI is InChI=1S/C12H13NO3S/c1-2-8(12(15)16)7-13-11(14)9-5-3-4-6-10(9)17-13/h3-6,8H,2,7H2,1H3,(H,15,16). The molecule has 1 aromatic heterocycles. The summed E-state index contributed by atoms with van der Waals surface area (Å²) in [7, 11) is 0. The van der Waals surface area contributed by atoms with Crippen molar-refractivity contribution in [2.24, 2.45) is 5.92 Å². The molecule has 4 nitrogen and oxygen atoms in total. The van der Waals surface area contributed by atoms with Crippen LogP contribution in [-0.4, -0.2) is 15.0 Å². The van der Waals surface area contributed by atoms with Gasteiger partial charge in [-0.3, -0.25) is 13.5 Å². The summed E-state index contributed by atoms with van der Waals surface area (Å²) in [5, 5.41) is 9.65. The predicted molar refractivity (Wildman–Crippen MR) is 67.5 cm³/mol. The summed E-state index contributed by atoms with van der Waals surface area (Å²) in [4.78, 5) is 22.9. The van der Waals surface area contributed by atoms with Gasteiger partial charge >= 0.3 is 5.97 Å². The van der Waals surface area contributed by atoms with E-state index >= 15 is 0 Å². The van der Waals surface area contributed by atoms with Crippen LogP contribution in [0.4, 0.5) is 0 Å². The molecule has 2 rings (SSSR count). The van der Waals surface area contributed by atoms with Crippen LogP contribution < -0.4 is 5.56 Å². The number of carboxylic acid groups (broad SMARTS) is 1. The number of carboxylic acids is 1. The van der Waals surface area contributed by atoms with Gasteiger partial charge in [0.1, 0.15) is 0 Å². The number of nitrogens with zero attached hydrogens (tertiary/aromatic N) is 1. The van der Waals surface area contributed by atoms with E-state index < -0.39 is 11.9 Å². The summed E-state index contributed by atoms with van der Waals surface area (Å²) in [6.07, 6.45) is 0.524. The van der Waals surface area contributed by atoms with Gasteiger partial charge in [0.05, 0.1) is 16.0 Å². The molecular weight excluding hydrogens is 238 g/mol. The lowest BCUT2D eigenvalue weighted by molar-refractivity contribution is -0.142. The van der Waals surface area contributed by atoms with Crippen molar-refractivity contribution in [3.63, 3.8) is 0 Å². The molecule has 0 amide bonds. The molecule has 0 fully saturated rings. The van der Waals surface area contributed by atoms with Gasteiger partial charge in [0.15, 0.2) is 0 Å². The van der Waals surface area contributed by atoms with Crippen LogP contribution in [0.5, 0.6) is 0 Å². The Morgan fingerprint density at radius 3 is 2.76 bits per heavy atom. The second-order valence-electron chi connectivity index (χ2n) is 3.90. The Balaban J connectivity index is 2.39. The molecule has 0 bridgehead atoms. The van der Waals surface area contributed by atoms with Gasteiger partial charge in [-0.25, -0.2) is 0 Å². The first-order valence-corrected chi connectivity index (χ1v) is 6.22. The second kappa shape index (κ2) is 4.71. The molecule has 5 heteroatoms. The van der Waals surface area contributed by atoms with E-state index in [1.807, 2.05) is 25.1 Å². The van der Waals surface area contributed by atoms with Gasteiger partial charge < -0.3 is 5.11 Å². The van der Waals surface area contributed by atoms with Crippen LogP contribution in [0.3, 0.4) is 0 Å². The highest BCUT2D eigenvalue weighted by molar-refractivity contribution is 7.13. The molecule has 1 aromatic carbocycles. The lowest BCUT2D eigenvalue weighted by Crippen LogP contribution is -2.23. The van der Waals surface area contributed by atoms with Crippen molar-refractivity contribution in [3.8, 4) is 0 Å². The zero-order chi connectivity index (χ0) is 12.4. The van der Waals surface area contributed by atoms with E-state index in [-0.39, 0.29) is 12.1 Å². The number of aromatic nitrogens is 1. The number of carbonyl (C=O) groups is 1. The van der Waals surface area contributed by atoms with Gasteiger partial charge in [-0.2, -0.15) is 0 Å². The van der Waals surface area contributed by atoms with Crippen molar-refractivity contribution in [1.82, 2.24) is 3.96 Å². The van der Waals surface area contributed by atoms with Crippen molar-refractivity contribution in [2.45, 2.75) is 19.9 Å². The minimum Gasteiger partial charge on any atom is -0.481 e. The predicted octanol–water partition coefficient (Wildman–Crippen LogP) is 2.17. The summed E-state index contributed by atoms with van der Waals surface area (Å²) in [6.45, 7) is 2.07. The van der Waals surface area contributed by atoms with Crippen LogP contribution in [0.15, 0.2) is 29.1 Å². The maximum absolute atomic E-state index is 12.0. The van der Waals surface area contributed by atoms with Crippen molar-refractivity contribution < 1.29 is 9.90 Å². The normalized spacial score (nSPS) is 12.8. The molecule has 0 aliphatic heterocycles. The second-order valence-corrected chi connectivity index (χ2v) is 4.96. The fourth-order valence-electron chi connectivity index (χ4n) is 1.72. The molecular formula is C12H13NO3S. The molecule has 0 saturated heterocycles. The third-order valence-electron chi connectivity index (χ3n) is 2.78. The summed E-state index contributed by atoms with van der Waals surface area (Å²) < 4.78 is 2.44. The van der Waals surface area contributed by atoms with Gasteiger partial charge in [-0.05, 0) is 18.6 Å². The number of fused-ring (bicyclic) bond motifs is 1. The topological polar surface area (TPSA) is 59.3 Å². The molecule has 0 saturated carbocycles. The van der Waals surface area contributed by atoms with Crippen LogP contribution in [0.1, 0.15) is 13.3 Å². The molecule has 1 atom stereocenters. The summed E-state index contributed by atoms with van der Waals surface area (Å²) in [5.74, 6) is -1.35. The maximum atomic E-state index is 12.0. The number of hydrogen-bond donors (Lipinski definition) is 1. The third kappa shape index (κ3) is 2.24. The first kappa shape index (κ1) is 11.9. The van der Waals surface area contributed by atoms with Crippen LogP contribution in [0.25, 0.3) is 10.1 Å². The van der Waals surface area contributed by atoms with E-state index in [1.54, 1.807) is 6.07 Å². The first-order valence-electron chi connectivity index (χ1n) is 5.45. The Kier molecular flexibility index (Phi) is 3.28. The quantitative estimate of drug-likeness (QED) is 0.906. The van der Waals surface area contributed by atoms with Crippen LogP contribution in [0.2, 0.25) is 0 Å². The monoisotopic (exact) mass is 251 g/mol. The fraction of sp³-hybridized carbons (Fsp3) is 0.333. The lowest BCUT2D eigenvalue weighted by atomic mass is 10.1. The fourth-order valence-corrected chi connectivity index (χ4v) is 2.79. The van der Waals surface area contributed by atoms with E-state index in [2.05, 4.69) is 0 Å². The van der Waals surface area contributed by atoms with Crippen LogP contribution in [-0.2, 0) is 11.3 Å². The highest BCUT2D eigenvalue weighted by Crippen LogP contribution is 2.17. The summed E-state index contributed by atoms with van der Waals surface area (Å²) in [6, 6.07) is 7.33. The minimum atomic E-state index is -0.850. The molecule has 2 aromatic rings. The number of aliphatic carboxylic acids is 1. The van der Waals surface area contributed by atoms with Crippen molar-refractivity contribution in [2.75, 3.05) is 0 Å². The Morgan fingerprint density at radius 2 is 2.18 bits per heavy atom. The Labute approximate surface area is 102 Å². The van der Waals surface area contributed by atoms with Gasteiger partial charge in [-0.1, -0.05) is 30.6 Å². The first-order chi connectivity index (χ1) is 8.13. The van der Waals surface area contributed by atoms with Gasteiger partial charge in [0.2, 0.25) is 0 Å². The van der Waals surface area contributed by atoms with Gasteiger partial charge in [-0.15, -0.1) is 0 Å². The zero-order valence-electron chi connectivity index (χ0n) is 9.42. The summed E-state index contributed by atoms with van der Waals surface area (Å²) >= 11 is 1.33. The Bertz CT molecular complexity index is 599. The number of rotatable bonds is 4. The van der Waals surface area contributed by atoms with Crippen LogP contribution in [0, 0.1) is 5.92 Å². The number of benzene rings is 1. The van der Waals surface area contributed by atoms with Crippen molar-refractivity contribution in [1.29, 1.82) is 0 Å². The summed E-state index contributed by atoms with van der Waals surface area (Å²) in [5.41, 5.74) is -0.0923. The molecule has 1 unspecified atom stereocenters. The van der Waals surface area contributed by atoms with Crippen molar-refractivity contribution >= 4 is 27.6 Å². The lowest BCUT2D eigenvalue weighted by Gasteiger charge is -2.08. The SMILES string of the molecule is CCC(Cn1sc2ccccc2c1=O)C(=O)O. The highest BCUT2D eigenvalue weighted by atomic mass is 32.1. The average Bonchev–Trinajstić information content (AvgIpc) is 2.63. The van der Waals surface area contributed by atoms with Gasteiger partial charge in [0.25, 0.3) is 5.56 Å². The maximum Gasteiger partial charge on any atom is 0.308 e. The van der Waals surface area contributed by atoms with E-state index in [1.165, 1.54) is 15.5 Å². The molecule has 0 radical (unpaired) electrons. The molecule has 0 spiro atoms. The van der Waals surface area contributed by atoms with E-state index in [0.717, 1.165) is 4.70 Å². The smallest absolute Gasteiger partial charge is 0.308 e. The molecule has 0 aliphatic rings. The minimum absolute atomic E-state index is 0.0923. The van der Waals surface area contributed by atoms with Gasteiger partial charge in [0, 0.05) is 6.54 Å². The third-order valence-corrected chi connectivity index (χ3v) is 3.87. The Morgan fingerprint density at radius 1 is 1.47 bits per heavy atom. The highest BCUT2D eigenvalue weighted by Gasteiger charge is 2.18. The molecule has 17 heavy (non-hydrogen) atoms. The van der Waals surface area contributed by atoms with E-state index in [4.69, 9.17) is 5.11 Å². The molecule has 1 N–H and O–H groups in total. The van der Waals surface area contributed by atoms with Crippen molar-refractivity contribution in [3.05, 3.63) is 34.6 Å². The molecule has 1 heterocycles. The largest absolute Gasteiger partial charge is 0.481 e.